The van der Waals surface area contributed by atoms with Crippen LogP contribution in [0.15, 0.2) is 41.0 Å². The van der Waals surface area contributed by atoms with Crippen LogP contribution in [0.3, 0.4) is 0 Å². The molecule has 5 heteroatoms. The third-order valence-electron chi connectivity index (χ3n) is 2.52. The SMILES string of the molecule is NC(=O)c1ccc2nc(-c3ccco3)[nH]c2c1. The first-order valence-corrected chi connectivity index (χ1v) is 5.07. The van der Waals surface area contributed by atoms with Crippen molar-refractivity contribution in [3.63, 3.8) is 0 Å². The summed E-state index contributed by atoms with van der Waals surface area (Å²) in [5.74, 6) is 0.828. The molecule has 0 radical (unpaired) electrons. The van der Waals surface area contributed by atoms with Gasteiger partial charge in [-0.15, -0.1) is 0 Å². The maximum absolute atomic E-state index is 11.0. The minimum atomic E-state index is -0.457. The molecule has 0 spiro atoms. The lowest BCUT2D eigenvalue weighted by molar-refractivity contribution is 0.100. The van der Waals surface area contributed by atoms with E-state index in [1.54, 1.807) is 30.5 Å². The Morgan fingerprint density at radius 2 is 2.24 bits per heavy atom. The molecule has 0 aliphatic heterocycles. The van der Waals surface area contributed by atoms with Crippen LogP contribution in [-0.4, -0.2) is 15.9 Å². The molecule has 0 aliphatic rings. The Morgan fingerprint density at radius 1 is 1.35 bits per heavy atom. The number of nitrogens with one attached hydrogen (secondary N) is 1. The maximum atomic E-state index is 11.0. The van der Waals surface area contributed by atoms with Crippen molar-refractivity contribution in [3.8, 4) is 11.6 Å². The van der Waals surface area contributed by atoms with E-state index in [2.05, 4.69) is 9.97 Å². The molecule has 2 heterocycles. The number of nitrogens with zero attached hydrogens (tertiary/aromatic N) is 1. The number of hydrogen-bond donors (Lipinski definition) is 2. The summed E-state index contributed by atoms with van der Waals surface area (Å²) in [5.41, 5.74) is 7.19. The first-order chi connectivity index (χ1) is 8.24. The van der Waals surface area contributed by atoms with Crippen molar-refractivity contribution in [3.05, 3.63) is 42.2 Å². The molecule has 3 aromatic rings. The van der Waals surface area contributed by atoms with Crippen molar-refractivity contribution in [1.82, 2.24) is 9.97 Å². The van der Waals surface area contributed by atoms with Gasteiger partial charge in [0, 0.05) is 5.56 Å². The molecule has 0 fully saturated rings. The Balaban J connectivity index is 2.16. The largest absolute Gasteiger partial charge is 0.461 e. The summed E-state index contributed by atoms with van der Waals surface area (Å²) < 4.78 is 5.24. The normalized spacial score (nSPS) is 10.8. The Morgan fingerprint density at radius 3 is 2.94 bits per heavy atom. The summed E-state index contributed by atoms with van der Waals surface area (Å²) in [7, 11) is 0. The van der Waals surface area contributed by atoms with Gasteiger partial charge in [0.25, 0.3) is 0 Å². The van der Waals surface area contributed by atoms with Crippen molar-refractivity contribution in [2.24, 2.45) is 5.73 Å². The van der Waals surface area contributed by atoms with E-state index in [1.807, 2.05) is 6.07 Å². The van der Waals surface area contributed by atoms with Gasteiger partial charge >= 0.3 is 0 Å². The lowest BCUT2D eigenvalue weighted by Crippen LogP contribution is -2.10. The molecule has 3 rings (SSSR count). The average Bonchev–Trinajstić information content (AvgIpc) is 2.96. The van der Waals surface area contributed by atoms with Gasteiger partial charge in [0.2, 0.25) is 5.91 Å². The monoisotopic (exact) mass is 227 g/mol. The second-order valence-electron chi connectivity index (χ2n) is 3.66. The number of aromatic nitrogens is 2. The molecule has 0 aliphatic carbocycles. The van der Waals surface area contributed by atoms with Crippen LogP contribution in [0.4, 0.5) is 0 Å². The second kappa shape index (κ2) is 3.48. The summed E-state index contributed by atoms with van der Waals surface area (Å²) in [4.78, 5) is 18.5. The number of carbonyl (C=O) groups excluding carboxylic acids is 1. The number of nitrogens with two attached hydrogens (primary N) is 1. The number of carbonyl (C=O) groups is 1. The van der Waals surface area contributed by atoms with Gasteiger partial charge in [-0.05, 0) is 30.3 Å². The number of imidazole rings is 1. The first-order valence-electron chi connectivity index (χ1n) is 5.07. The van der Waals surface area contributed by atoms with E-state index in [9.17, 15) is 4.79 Å². The Hall–Kier alpha value is -2.56. The van der Waals surface area contributed by atoms with Crippen LogP contribution < -0.4 is 5.73 Å². The van der Waals surface area contributed by atoms with Crippen molar-refractivity contribution in [2.75, 3.05) is 0 Å². The van der Waals surface area contributed by atoms with Crippen molar-refractivity contribution in [1.29, 1.82) is 0 Å². The van der Waals surface area contributed by atoms with E-state index in [-0.39, 0.29) is 0 Å². The standard InChI is InChI=1S/C12H9N3O2/c13-11(16)7-3-4-8-9(6-7)15-12(14-8)10-2-1-5-17-10/h1-6H,(H2,13,16)(H,14,15). The number of benzene rings is 1. The number of rotatable bonds is 2. The van der Waals surface area contributed by atoms with Gasteiger partial charge in [0.15, 0.2) is 11.6 Å². The van der Waals surface area contributed by atoms with Crippen LogP contribution in [-0.2, 0) is 0 Å². The zero-order chi connectivity index (χ0) is 11.8. The van der Waals surface area contributed by atoms with Crippen LogP contribution in [0.5, 0.6) is 0 Å². The molecular weight excluding hydrogens is 218 g/mol. The van der Waals surface area contributed by atoms with Crippen molar-refractivity contribution in [2.45, 2.75) is 0 Å². The van der Waals surface area contributed by atoms with E-state index in [0.717, 1.165) is 11.0 Å². The average molecular weight is 227 g/mol. The summed E-state index contributed by atoms with van der Waals surface area (Å²) >= 11 is 0. The highest BCUT2D eigenvalue weighted by atomic mass is 16.3. The van der Waals surface area contributed by atoms with Gasteiger partial charge in [-0.3, -0.25) is 4.79 Å². The fourth-order valence-corrected chi connectivity index (χ4v) is 1.69. The smallest absolute Gasteiger partial charge is 0.248 e. The van der Waals surface area contributed by atoms with Gasteiger partial charge in [0.05, 0.1) is 17.3 Å². The van der Waals surface area contributed by atoms with Gasteiger partial charge in [-0.25, -0.2) is 4.98 Å². The highest BCUT2D eigenvalue weighted by molar-refractivity contribution is 5.96. The molecule has 0 saturated carbocycles. The Labute approximate surface area is 96.3 Å². The summed E-state index contributed by atoms with van der Waals surface area (Å²) in [6.07, 6.45) is 1.58. The highest BCUT2D eigenvalue weighted by Crippen LogP contribution is 2.21. The number of H-pyrrole nitrogens is 1. The first kappa shape index (κ1) is 9.65. The number of fused-ring (bicyclic) bond motifs is 1. The van der Waals surface area contributed by atoms with Gasteiger partial charge in [0.1, 0.15) is 0 Å². The molecule has 0 saturated heterocycles. The number of primary amides is 1. The maximum Gasteiger partial charge on any atom is 0.248 e. The quantitative estimate of drug-likeness (QED) is 0.701. The van der Waals surface area contributed by atoms with Gasteiger partial charge in [-0.1, -0.05) is 0 Å². The summed E-state index contributed by atoms with van der Waals surface area (Å²) in [6.45, 7) is 0. The van der Waals surface area contributed by atoms with Crippen LogP contribution in [0.1, 0.15) is 10.4 Å². The predicted molar refractivity (Wildman–Crippen MR) is 62.3 cm³/mol. The second-order valence-corrected chi connectivity index (χ2v) is 3.66. The van der Waals surface area contributed by atoms with E-state index in [1.165, 1.54) is 0 Å². The molecule has 5 nitrogen and oxygen atoms in total. The molecular formula is C12H9N3O2. The third-order valence-corrected chi connectivity index (χ3v) is 2.52. The van der Waals surface area contributed by atoms with Crippen LogP contribution >= 0.6 is 0 Å². The third kappa shape index (κ3) is 1.57. The number of furan rings is 1. The van der Waals surface area contributed by atoms with Gasteiger partial charge < -0.3 is 15.1 Å². The van der Waals surface area contributed by atoms with Crippen LogP contribution in [0.2, 0.25) is 0 Å². The molecule has 2 aromatic heterocycles. The highest BCUT2D eigenvalue weighted by Gasteiger charge is 2.09. The van der Waals surface area contributed by atoms with E-state index >= 15 is 0 Å². The molecule has 17 heavy (non-hydrogen) atoms. The zero-order valence-corrected chi connectivity index (χ0v) is 8.81. The lowest BCUT2D eigenvalue weighted by atomic mass is 10.2. The number of amides is 1. The van der Waals surface area contributed by atoms with Gasteiger partial charge in [-0.2, -0.15) is 0 Å². The van der Waals surface area contributed by atoms with E-state index < -0.39 is 5.91 Å². The molecule has 0 bridgehead atoms. The van der Waals surface area contributed by atoms with E-state index in [4.69, 9.17) is 10.2 Å². The number of hydrogen-bond acceptors (Lipinski definition) is 3. The number of aromatic amines is 1. The minimum Gasteiger partial charge on any atom is -0.461 e. The molecule has 1 aromatic carbocycles. The van der Waals surface area contributed by atoms with Crippen LogP contribution in [0, 0.1) is 0 Å². The predicted octanol–water partition coefficient (Wildman–Crippen LogP) is 1.92. The molecule has 1 amide bonds. The topological polar surface area (TPSA) is 84.9 Å². The minimum absolute atomic E-state index is 0.451. The fourth-order valence-electron chi connectivity index (χ4n) is 1.69. The molecule has 0 unspecified atom stereocenters. The van der Waals surface area contributed by atoms with E-state index in [0.29, 0.717) is 17.1 Å². The fraction of sp³-hybridized carbons (Fsp3) is 0. The summed E-state index contributed by atoms with van der Waals surface area (Å²) in [5, 5.41) is 0. The molecule has 3 N–H and O–H groups in total. The van der Waals surface area contributed by atoms with Crippen LogP contribution in [0.25, 0.3) is 22.6 Å². The Kier molecular flexibility index (Phi) is 1.98. The molecule has 0 atom stereocenters. The Bertz CT molecular complexity index is 683. The lowest BCUT2D eigenvalue weighted by Gasteiger charge is -1.93. The van der Waals surface area contributed by atoms with Crippen molar-refractivity contribution < 1.29 is 9.21 Å². The molecule has 84 valence electrons. The summed E-state index contributed by atoms with van der Waals surface area (Å²) in [6, 6.07) is 8.68. The van der Waals surface area contributed by atoms with Crippen molar-refractivity contribution >= 4 is 16.9 Å². The zero-order valence-electron chi connectivity index (χ0n) is 8.81.